The number of hydrogen-bond acceptors (Lipinski definition) is 1. The third-order valence-corrected chi connectivity index (χ3v) is 3.05. The van der Waals surface area contributed by atoms with Crippen LogP contribution >= 0.6 is 0 Å². The van der Waals surface area contributed by atoms with Crippen LogP contribution < -0.4 is 0 Å². The predicted octanol–water partition coefficient (Wildman–Crippen LogP) is 3.66. The van der Waals surface area contributed by atoms with E-state index in [0.29, 0.717) is 11.1 Å². The number of aliphatic hydroxyl groups excluding tert-OH is 1. The highest BCUT2D eigenvalue weighted by atomic mass is 19.1. The van der Waals surface area contributed by atoms with Gasteiger partial charge in [0.05, 0.1) is 0 Å². The van der Waals surface area contributed by atoms with Crippen LogP contribution in [0.3, 0.4) is 0 Å². The lowest BCUT2D eigenvalue weighted by atomic mass is 9.96. The van der Waals surface area contributed by atoms with Crippen LogP contribution in [0.5, 0.6) is 0 Å². The number of benzene rings is 2. The lowest BCUT2D eigenvalue weighted by Gasteiger charge is -2.15. The maximum absolute atomic E-state index is 13.9. The van der Waals surface area contributed by atoms with E-state index in [1.165, 1.54) is 18.2 Å². The smallest absolute Gasteiger partial charge is 0.132 e. The second-order valence-corrected chi connectivity index (χ2v) is 4.38. The molecule has 94 valence electrons. The van der Waals surface area contributed by atoms with Gasteiger partial charge in [0, 0.05) is 5.56 Å². The minimum Gasteiger partial charge on any atom is -0.384 e. The molecule has 0 fully saturated rings. The minimum absolute atomic E-state index is 0.170. The average Bonchev–Trinajstić information content (AvgIpc) is 2.35. The van der Waals surface area contributed by atoms with Crippen LogP contribution in [-0.2, 0) is 0 Å². The van der Waals surface area contributed by atoms with Gasteiger partial charge in [0.2, 0.25) is 0 Å². The van der Waals surface area contributed by atoms with Crippen molar-refractivity contribution in [3.63, 3.8) is 0 Å². The van der Waals surface area contributed by atoms with Crippen molar-refractivity contribution in [1.29, 1.82) is 0 Å². The molecule has 0 bridgehead atoms. The Morgan fingerprint density at radius 2 is 1.67 bits per heavy atom. The van der Waals surface area contributed by atoms with E-state index < -0.39 is 17.7 Å². The zero-order valence-corrected chi connectivity index (χ0v) is 10.2. The molecule has 0 saturated carbocycles. The van der Waals surface area contributed by atoms with Gasteiger partial charge in [0.1, 0.15) is 17.7 Å². The highest BCUT2D eigenvalue weighted by molar-refractivity contribution is 5.37. The second-order valence-electron chi connectivity index (χ2n) is 4.38. The Morgan fingerprint density at radius 1 is 0.944 bits per heavy atom. The van der Waals surface area contributed by atoms with Gasteiger partial charge in [-0.25, -0.2) is 8.78 Å². The molecule has 0 aliphatic rings. The van der Waals surface area contributed by atoms with Gasteiger partial charge in [-0.3, -0.25) is 0 Å². The van der Waals surface area contributed by atoms with E-state index in [0.717, 1.165) is 5.56 Å². The zero-order chi connectivity index (χ0) is 13.3. The predicted molar refractivity (Wildman–Crippen MR) is 66.3 cm³/mol. The first-order chi connectivity index (χ1) is 8.50. The molecule has 0 amide bonds. The van der Waals surface area contributed by atoms with Crippen LogP contribution in [0.4, 0.5) is 8.78 Å². The quantitative estimate of drug-likeness (QED) is 0.859. The van der Waals surface area contributed by atoms with E-state index >= 15 is 0 Å². The zero-order valence-electron chi connectivity index (χ0n) is 10.2. The molecular formula is C15H14F2O. The molecule has 0 radical (unpaired) electrons. The fraction of sp³-hybridized carbons (Fsp3) is 0.200. The summed E-state index contributed by atoms with van der Waals surface area (Å²) in [6, 6.07) is 8.94. The van der Waals surface area contributed by atoms with Crippen LogP contribution in [0, 0.1) is 25.5 Å². The van der Waals surface area contributed by atoms with Crippen LogP contribution in [0.25, 0.3) is 0 Å². The van der Waals surface area contributed by atoms with Crippen molar-refractivity contribution in [1.82, 2.24) is 0 Å². The maximum atomic E-state index is 13.9. The first-order valence-electron chi connectivity index (χ1n) is 5.70. The average molecular weight is 248 g/mol. The highest BCUT2D eigenvalue weighted by Crippen LogP contribution is 2.28. The molecule has 0 saturated heterocycles. The van der Waals surface area contributed by atoms with Gasteiger partial charge in [-0.05, 0) is 42.7 Å². The largest absolute Gasteiger partial charge is 0.384 e. The van der Waals surface area contributed by atoms with Gasteiger partial charge in [-0.2, -0.15) is 0 Å². The van der Waals surface area contributed by atoms with Crippen molar-refractivity contribution >= 4 is 0 Å². The number of rotatable bonds is 2. The SMILES string of the molecule is Cc1ccc(F)cc1C(O)c1cccc(C)c1F. The lowest BCUT2D eigenvalue weighted by Crippen LogP contribution is -2.06. The fourth-order valence-electron chi connectivity index (χ4n) is 1.95. The molecule has 1 N–H and O–H groups in total. The summed E-state index contributed by atoms with van der Waals surface area (Å²) in [4.78, 5) is 0. The van der Waals surface area contributed by atoms with E-state index in [2.05, 4.69) is 0 Å². The molecule has 3 heteroatoms. The number of aryl methyl sites for hydroxylation is 2. The minimum atomic E-state index is -1.15. The number of halogens is 2. The van der Waals surface area contributed by atoms with Gasteiger partial charge in [-0.15, -0.1) is 0 Å². The van der Waals surface area contributed by atoms with E-state index in [1.807, 2.05) is 0 Å². The van der Waals surface area contributed by atoms with Gasteiger partial charge >= 0.3 is 0 Å². The summed E-state index contributed by atoms with van der Waals surface area (Å²) in [5.74, 6) is -0.892. The van der Waals surface area contributed by atoms with Crippen LogP contribution in [0.2, 0.25) is 0 Å². The van der Waals surface area contributed by atoms with Crippen molar-refractivity contribution in [2.75, 3.05) is 0 Å². The summed E-state index contributed by atoms with van der Waals surface area (Å²) in [5, 5.41) is 10.2. The Labute approximate surface area is 105 Å². The Bertz CT molecular complexity index is 577. The Kier molecular flexibility index (Phi) is 3.43. The molecule has 1 unspecified atom stereocenters. The second kappa shape index (κ2) is 4.86. The highest BCUT2D eigenvalue weighted by Gasteiger charge is 2.18. The summed E-state index contributed by atoms with van der Waals surface area (Å²) < 4.78 is 27.1. The van der Waals surface area contributed by atoms with Crippen LogP contribution in [-0.4, -0.2) is 5.11 Å². The van der Waals surface area contributed by atoms with Crippen molar-refractivity contribution in [3.8, 4) is 0 Å². The summed E-state index contributed by atoms with van der Waals surface area (Å²) in [6.07, 6.45) is -1.15. The molecule has 0 spiro atoms. The first-order valence-corrected chi connectivity index (χ1v) is 5.70. The molecule has 0 aromatic heterocycles. The lowest BCUT2D eigenvalue weighted by molar-refractivity contribution is 0.213. The Balaban J connectivity index is 2.51. The fourth-order valence-corrected chi connectivity index (χ4v) is 1.95. The summed E-state index contributed by atoms with van der Waals surface area (Å²) in [6.45, 7) is 3.38. The maximum Gasteiger partial charge on any atom is 0.132 e. The van der Waals surface area contributed by atoms with E-state index in [-0.39, 0.29) is 5.56 Å². The molecule has 0 aliphatic carbocycles. The van der Waals surface area contributed by atoms with Crippen LogP contribution in [0.1, 0.15) is 28.4 Å². The van der Waals surface area contributed by atoms with Gasteiger partial charge in [0.15, 0.2) is 0 Å². The Morgan fingerprint density at radius 3 is 2.39 bits per heavy atom. The molecule has 0 aliphatic heterocycles. The standard InChI is InChI=1S/C15H14F2O/c1-9-6-7-11(16)8-13(9)15(18)12-5-3-4-10(2)14(12)17/h3-8,15,18H,1-2H3. The molecular weight excluding hydrogens is 234 g/mol. The number of hydrogen-bond donors (Lipinski definition) is 1. The van der Waals surface area contributed by atoms with E-state index in [9.17, 15) is 13.9 Å². The van der Waals surface area contributed by atoms with Gasteiger partial charge < -0.3 is 5.11 Å². The Hall–Kier alpha value is -1.74. The van der Waals surface area contributed by atoms with Crippen molar-refractivity contribution in [2.24, 2.45) is 0 Å². The molecule has 2 aromatic rings. The molecule has 2 aromatic carbocycles. The normalized spacial score (nSPS) is 12.5. The molecule has 1 nitrogen and oxygen atoms in total. The molecule has 0 heterocycles. The van der Waals surface area contributed by atoms with E-state index in [1.54, 1.807) is 32.0 Å². The summed E-state index contributed by atoms with van der Waals surface area (Å²) in [7, 11) is 0. The molecule has 2 rings (SSSR count). The molecule has 1 atom stereocenters. The van der Waals surface area contributed by atoms with Gasteiger partial charge in [-0.1, -0.05) is 24.3 Å². The monoisotopic (exact) mass is 248 g/mol. The topological polar surface area (TPSA) is 20.2 Å². The first kappa shape index (κ1) is 12.7. The third kappa shape index (κ3) is 2.27. The van der Waals surface area contributed by atoms with Gasteiger partial charge in [0.25, 0.3) is 0 Å². The van der Waals surface area contributed by atoms with Crippen molar-refractivity contribution in [3.05, 3.63) is 70.3 Å². The summed E-state index contributed by atoms with van der Waals surface area (Å²) in [5.41, 5.74) is 1.74. The third-order valence-electron chi connectivity index (χ3n) is 3.05. The molecule has 18 heavy (non-hydrogen) atoms. The van der Waals surface area contributed by atoms with Crippen molar-refractivity contribution < 1.29 is 13.9 Å². The van der Waals surface area contributed by atoms with Crippen molar-refractivity contribution in [2.45, 2.75) is 20.0 Å². The van der Waals surface area contributed by atoms with E-state index in [4.69, 9.17) is 0 Å². The number of aliphatic hydroxyl groups is 1. The summed E-state index contributed by atoms with van der Waals surface area (Å²) >= 11 is 0. The van der Waals surface area contributed by atoms with Crippen LogP contribution in [0.15, 0.2) is 36.4 Å².